The Kier molecular flexibility index (Phi) is 5.15. The van der Waals surface area contributed by atoms with E-state index < -0.39 is 11.6 Å². The van der Waals surface area contributed by atoms with Crippen LogP contribution in [0.4, 0.5) is 8.78 Å². The first-order valence-electron chi connectivity index (χ1n) is 6.50. The average molecular weight is 312 g/mol. The van der Waals surface area contributed by atoms with Crippen LogP contribution < -0.4 is 10.1 Å². The van der Waals surface area contributed by atoms with Crippen LogP contribution in [0.2, 0.25) is 5.02 Å². The van der Waals surface area contributed by atoms with Crippen molar-refractivity contribution in [1.29, 1.82) is 0 Å². The van der Waals surface area contributed by atoms with E-state index in [9.17, 15) is 8.78 Å². The van der Waals surface area contributed by atoms with Crippen LogP contribution in [0, 0.1) is 11.6 Å². The van der Waals surface area contributed by atoms with Crippen molar-refractivity contribution in [2.24, 2.45) is 0 Å². The van der Waals surface area contributed by atoms with Gasteiger partial charge in [0, 0.05) is 16.6 Å². The first kappa shape index (κ1) is 15.7. The van der Waals surface area contributed by atoms with Gasteiger partial charge in [0.1, 0.15) is 5.82 Å². The highest BCUT2D eigenvalue weighted by Crippen LogP contribution is 2.29. The molecule has 2 rings (SSSR count). The zero-order valence-electron chi connectivity index (χ0n) is 11.8. The van der Waals surface area contributed by atoms with E-state index >= 15 is 0 Å². The van der Waals surface area contributed by atoms with Crippen molar-refractivity contribution in [2.75, 3.05) is 14.2 Å². The van der Waals surface area contributed by atoms with E-state index in [1.54, 1.807) is 31.3 Å². The second-order valence-electron chi connectivity index (χ2n) is 4.64. The molecule has 1 unspecified atom stereocenters. The van der Waals surface area contributed by atoms with Gasteiger partial charge in [-0.05, 0) is 37.2 Å². The van der Waals surface area contributed by atoms with E-state index in [-0.39, 0.29) is 11.8 Å². The highest BCUT2D eigenvalue weighted by Gasteiger charge is 2.18. The molecule has 0 aliphatic heterocycles. The molecule has 0 aliphatic rings. The van der Waals surface area contributed by atoms with Gasteiger partial charge in [0.2, 0.25) is 0 Å². The molecule has 112 valence electrons. The lowest BCUT2D eigenvalue weighted by molar-refractivity contribution is 0.380. The largest absolute Gasteiger partial charge is 0.494 e. The maximum Gasteiger partial charge on any atom is 0.169 e. The Morgan fingerprint density at radius 1 is 1.24 bits per heavy atom. The number of hydrogen-bond donors (Lipinski definition) is 1. The van der Waals surface area contributed by atoms with Crippen LogP contribution >= 0.6 is 11.6 Å². The zero-order valence-corrected chi connectivity index (χ0v) is 12.5. The smallest absolute Gasteiger partial charge is 0.169 e. The SMILES string of the molecule is CNC(Cc1ccc(F)cc1Cl)c1cccc(OC)c1F. The normalized spacial score (nSPS) is 12.2. The lowest BCUT2D eigenvalue weighted by Crippen LogP contribution is -2.20. The van der Waals surface area contributed by atoms with Crippen molar-refractivity contribution < 1.29 is 13.5 Å². The van der Waals surface area contributed by atoms with E-state index in [1.165, 1.54) is 19.2 Å². The molecular formula is C16H16ClF2NO. The van der Waals surface area contributed by atoms with Gasteiger partial charge in [0.25, 0.3) is 0 Å². The fraction of sp³-hybridized carbons (Fsp3) is 0.250. The standard InChI is InChI=1S/C16H16ClF2NO/c1-20-14(8-10-6-7-11(18)9-13(10)17)12-4-3-5-15(21-2)16(12)19/h3-7,9,14,20H,8H2,1-2H3. The fourth-order valence-corrected chi connectivity index (χ4v) is 2.47. The molecule has 0 aromatic heterocycles. The van der Waals surface area contributed by atoms with Crippen LogP contribution in [0.15, 0.2) is 36.4 Å². The summed E-state index contributed by atoms with van der Waals surface area (Å²) in [6.07, 6.45) is 0.444. The minimum Gasteiger partial charge on any atom is -0.494 e. The number of halogens is 3. The molecule has 0 aliphatic carbocycles. The predicted molar refractivity (Wildman–Crippen MR) is 79.9 cm³/mol. The average Bonchev–Trinajstić information content (AvgIpc) is 2.47. The number of hydrogen-bond acceptors (Lipinski definition) is 2. The molecule has 1 N–H and O–H groups in total. The number of likely N-dealkylation sites (N-methyl/N-ethyl adjacent to an activating group) is 1. The van der Waals surface area contributed by atoms with Gasteiger partial charge in [-0.2, -0.15) is 0 Å². The van der Waals surface area contributed by atoms with Gasteiger partial charge in [-0.15, -0.1) is 0 Å². The molecule has 5 heteroatoms. The van der Waals surface area contributed by atoms with E-state index in [1.807, 2.05) is 0 Å². The van der Waals surface area contributed by atoms with Crippen molar-refractivity contribution in [1.82, 2.24) is 5.32 Å². The van der Waals surface area contributed by atoms with Crippen LogP contribution in [0.5, 0.6) is 5.75 Å². The van der Waals surface area contributed by atoms with Gasteiger partial charge in [0.15, 0.2) is 11.6 Å². The van der Waals surface area contributed by atoms with Gasteiger partial charge in [-0.25, -0.2) is 8.78 Å². The van der Waals surface area contributed by atoms with Crippen molar-refractivity contribution in [3.63, 3.8) is 0 Å². The van der Waals surface area contributed by atoms with E-state index in [0.29, 0.717) is 17.0 Å². The van der Waals surface area contributed by atoms with Gasteiger partial charge >= 0.3 is 0 Å². The van der Waals surface area contributed by atoms with E-state index in [4.69, 9.17) is 16.3 Å². The van der Waals surface area contributed by atoms with Crippen molar-refractivity contribution in [3.05, 3.63) is 64.2 Å². The molecule has 0 saturated heterocycles. The Balaban J connectivity index is 2.32. The number of methoxy groups -OCH3 is 1. The summed E-state index contributed by atoms with van der Waals surface area (Å²) in [6, 6.07) is 8.91. The van der Waals surface area contributed by atoms with Crippen molar-refractivity contribution >= 4 is 11.6 Å². The molecule has 2 nitrogen and oxygen atoms in total. The summed E-state index contributed by atoms with van der Waals surface area (Å²) in [5.74, 6) is -0.604. The second kappa shape index (κ2) is 6.87. The second-order valence-corrected chi connectivity index (χ2v) is 5.05. The van der Waals surface area contributed by atoms with Gasteiger partial charge in [-0.1, -0.05) is 29.8 Å². The summed E-state index contributed by atoms with van der Waals surface area (Å²) in [6.45, 7) is 0. The molecule has 0 amide bonds. The van der Waals surface area contributed by atoms with Crippen LogP contribution in [0.25, 0.3) is 0 Å². The monoisotopic (exact) mass is 311 g/mol. The zero-order chi connectivity index (χ0) is 15.4. The molecule has 0 radical (unpaired) electrons. The molecule has 21 heavy (non-hydrogen) atoms. The van der Waals surface area contributed by atoms with E-state index in [0.717, 1.165) is 5.56 Å². The van der Waals surface area contributed by atoms with Crippen LogP contribution in [-0.4, -0.2) is 14.2 Å². The number of benzene rings is 2. The third-order valence-electron chi connectivity index (χ3n) is 3.38. The Morgan fingerprint density at radius 2 is 2.00 bits per heavy atom. The van der Waals surface area contributed by atoms with Crippen LogP contribution in [0.3, 0.4) is 0 Å². The predicted octanol–water partition coefficient (Wildman–Crippen LogP) is 4.13. The summed E-state index contributed by atoms with van der Waals surface area (Å²) < 4.78 is 32.4. The van der Waals surface area contributed by atoms with Crippen LogP contribution in [-0.2, 0) is 6.42 Å². The number of rotatable bonds is 5. The highest BCUT2D eigenvalue weighted by atomic mass is 35.5. The third-order valence-corrected chi connectivity index (χ3v) is 3.73. The molecule has 2 aromatic rings. The topological polar surface area (TPSA) is 21.3 Å². The molecule has 2 aromatic carbocycles. The molecule has 0 spiro atoms. The Hall–Kier alpha value is -1.65. The summed E-state index contributed by atoms with van der Waals surface area (Å²) in [7, 11) is 3.16. The molecule has 1 atom stereocenters. The maximum atomic E-state index is 14.3. The quantitative estimate of drug-likeness (QED) is 0.896. The molecule has 0 bridgehead atoms. The Bertz CT molecular complexity index is 634. The summed E-state index contributed by atoms with van der Waals surface area (Å²) in [4.78, 5) is 0. The van der Waals surface area contributed by atoms with Gasteiger partial charge < -0.3 is 10.1 Å². The highest BCUT2D eigenvalue weighted by molar-refractivity contribution is 6.31. The molecule has 0 saturated carbocycles. The van der Waals surface area contributed by atoms with Crippen molar-refractivity contribution in [3.8, 4) is 5.75 Å². The summed E-state index contributed by atoms with van der Waals surface area (Å²) in [5, 5.41) is 3.38. The number of ether oxygens (including phenoxy) is 1. The van der Waals surface area contributed by atoms with E-state index in [2.05, 4.69) is 5.32 Å². The molecule has 0 fully saturated rings. The Morgan fingerprint density at radius 3 is 2.62 bits per heavy atom. The Labute approximate surface area is 127 Å². The maximum absolute atomic E-state index is 14.3. The van der Waals surface area contributed by atoms with Crippen LogP contribution in [0.1, 0.15) is 17.2 Å². The minimum atomic E-state index is -0.405. The first-order valence-corrected chi connectivity index (χ1v) is 6.88. The van der Waals surface area contributed by atoms with Gasteiger partial charge in [-0.3, -0.25) is 0 Å². The van der Waals surface area contributed by atoms with Crippen molar-refractivity contribution in [2.45, 2.75) is 12.5 Å². The molecule has 0 heterocycles. The fourth-order valence-electron chi connectivity index (χ4n) is 2.23. The molecular weight excluding hydrogens is 296 g/mol. The first-order chi connectivity index (χ1) is 10.1. The lowest BCUT2D eigenvalue weighted by atomic mass is 9.98. The third kappa shape index (κ3) is 3.52. The number of nitrogens with one attached hydrogen (secondary N) is 1. The summed E-state index contributed by atoms with van der Waals surface area (Å²) in [5.41, 5.74) is 1.23. The summed E-state index contributed by atoms with van der Waals surface area (Å²) >= 11 is 6.03. The lowest BCUT2D eigenvalue weighted by Gasteiger charge is -2.19. The minimum absolute atomic E-state index is 0.193. The van der Waals surface area contributed by atoms with Gasteiger partial charge in [0.05, 0.1) is 7.11 Å².